The SMILES string of the molecule is C=CCn1c(SCC(=O)NC(=O)N[C@@H](C)[C@@H]2C[C@H]3CC[C@H]2C3)nc2sc(C)c(C)c2c1=O. The zero-order valence-corrected chi connectivity index (χ0v) is 20.4. The van der Waals surface area contributed by atoms with Gasteiger partial charge in [0.15, 0.2) is 5.16 Å². The van der Waals surface area contributed by atoms with Crippen LogP contribution in [0.1, 0.15) is 43.0 Å². The van der Waals surface area contributed by atoms with Gasteiger partial charge in [-0.25, -0.2) is 9.78 Å². The standard InChI is InChI=1S/C23H30N4O3S2/c1-5-8-27-21(29)19-12(2)14(4)32-20(19)26-23(27)31-11-18(28)25-22(30)24-13(3)17-10-15-6-7-16(17)9-15/h5,13,15-17H,1,6-11H2,2-4H3,(H2,24,25,28,30)/t13-,15-,16-,17-/m0/s1. The number of urea groups is 1. The van der Waals surface area contributed by atoms with Crippen molar-refractivity contribution in [1.82, 2.24) is 20.2 Å². The first kappa shape index (κ1) is 23.0. The van der Waals surface area contributed by atoms with Crippen molar-refractivity contribution in [2.45, 2.75) is 64.2 Å². The molecule has 2 heterocycles. The van der Waals surface area contributed by atoms with E-state index in [0.29, 0.717) is 33.8 Å². The molecule has 2 aliphatic carbocycles. The van der Waals surface area contributed by atoms with Gasteiger partial charge in [0.2, 0.25) is 5.91 Å². The van der Waals surface area contributed by atoms with E-state index in [-0.39, 0.29) is 17.4 Å². The van der Waals surface area contributed by atoms with Crippen molar-refractivity contribution in [3.63, 3.8) is 0 Å². The zero-order valence-electron chi connectivity index (χ0n) is 18.8. The van der Waals surface area contributed by atoms with E-state index in [1.54, 1.807) is 6.08 Å². The summed E-state index contributed by atoms with van der Waals surface area (Å²) in [4.78, 5) is 44.1. The molecule has 32 heavy (non-hydrogen) atoms. The first-order valence-corrected chi connectivity index (χ1v) is 12.9. The molecule has 9 heteroatoms. The lowest BCUT2D eigenvalue weighted by Gasteiger charge is -2.28. The second kappa shape index (κ2) is 9.39. The maximum Gasteiger partial charge on any atom is 0.321 e. The molecule has 4 rings (SSSR count). The number of nitrogens with zero attached hydrogens (tertiary/aromatic N) is 2. The van der Waals surface area contributed by atoms with Crippen LogP contribution in [0.4, 0.5) is 4.79 Å². The van der Waals surface area contributed by atoms with E-state index in [2.05, 4.69) is 22.2 Å². The third-order valence-electron chi connectivity index (χ3n) is 6.94. The van der Waals surface area contributed by atoms with Crippen LogP contribution in [0, 0.1) is 31.6 Å². The van der Waals surface area contributed by atoms with Crippen molar-refractivity contribution in [1.29, 1.82) is 0 Å². The molecule has 2 aliphatic rings. The Morgan fingerprint density at radius 1 is 1.34 bits per heavy atom. The number of aryl methyl sites for hydroxylation is 2. The minimum absolute atomic E-state index is 0.00560. The number of amides is 3. The molecule has 2 saturated carbocycles. The topological polar surface area (TPSA) is 93.1 Å². The highest BCUT2D eigenvalue weighted by molar-refractivity contribution is 7.99. The monoisotopic (exact) mass is 474 g/mol. The summed E-state index contributed by atoms with van der Waals surface area (Å²) in [6, 6.07) is -0.403. The average Bonchev–Trinajstić information content (AvgIpc) is 3.44. The van der Waals surface area contributed by atoms with Gasteiger partial charge in [0.25, 0.3) is 5.56 Å². The van der Waals surface area contributed by atoms with E-state index in [0.717, 1.165) is 28.1 Å². The largest absolute Gasteiger partial charge is 0.335 e. The molecule has 0 aromatic carbocycles. The highest BCUT2D eigenvalue weighted by atomic mass is 32.2. The summed E-state index contributed by atoms with van der Waals surface area (Å²) in [5, 5.41) is 6.45. The van der Waals surface area contributed by atoms with E-state index in [1.165, 1.54) is 41.6 Å². The molecule has 0 spiro atoms. The van der Waals surface area contributed by atoms with Gasteiger partial charge < -0.3 is 5.32 Å². The molecule has 4 atom stereocenters. The Kier molecular flexibility index (Phi) is 6.76. The Morgan fingerprint density at radius 3 is 2.78 bits per heavy atom. The normalized spacial score (nSPS) is 22.8. The predicted octanol–water partition coefficient (Wildman–Crippen LogP) is 4.00. The fourth-order valence-corrected chi connectivity index (χ4v) is 7.14. The lowest BCUT2D eigenvalue weighted by molar-refractivity contribution is -0.117. The van der Waals surface area contributed by atoms with Gasteiger partial charge in [-0.1, -0.05) is 24.3 Å². The number of rotatable bonds is 7. The number of carbonyl (C=O) groups excluding carboxylic acids is 2. The summed E-state index contributed by atoms with van der Waals surface area (Å²) in [5.41, 5.74) is 0.813. The van der Waals surface area contributed by atoms with Gasteiger partial charge in [0.05, 0.1) is 11.1 Å². The highest BCUT2D eigenvalue weighted by Crippen LogP contribution is 2.49. The number of imide groups is 1. The van der Waals surface area contributed by atoms with Crippen LogP contribution < -0.4 is 16.2 Å². The van der Waals surface area contributed by atoms with Crippen LogP contribution in [0.5, 0.6) is 0 Å². The maximum atomic E-state index is 13.0. The van der Waals surface area contributed by atoms with Crippen LogP contribution in [0.2, 0.25) is 0 Å². The summed E-state index contributed by atoms with van der Waals surface area (Å²) in [6.07, 6.45) is 6.66. The Morgan fingerprint density at radius 2 is 2.12 bits per heavy atom. The zero-order chi connectivity index (χ0) is 23.0. The van der Waals surface area contributed by atoms with E-state index in [1.807, 2.05) is 20.8 Å². The lowest BCUT2D eigenvalue weighted by atomic mass is 9.84. The third-order valence-corrected chi connectivity index (χ3v) is 9.02. The molecule has 172 valence electrons. The third kappa shape index (κ3) is 4.50. The number of hydrogen-bond acceptors (Lipinski definition) is 6. The van der Waals surface area contributed by atoms with E-state index >= 15 is 0 Å². The lowest BCUT2D eigenvalue weighted by Crippen LogP contribution is -2.47. The summed E-state index contributed by atoms with van der Waals surface area (Å²) in [5.74, 6) is 1.60. The van der Waals surface area contributed by atoms with Gasteiger partial charge in [0, 0.05) is 17.5 Å². The predicted molar refractivity (Wildman–Crippen MR) is 129 cm³/mol. The molecular weight excluding hydrogens is 444 g/mol. The van der Waals surface area contributed by atoms with Crippen molar-refractivity contribution in [3.8, 4) is 0 Å². The molecule has 3 amide bonds. The van der Waals surface area contributed by atoms with Gasteiger partial charge in [-0.15, -0.1) is 17.9 Å². The highest BCUT2D eigenvalue weighted by Gasteiger charge is 2.42. The second-order valence-electron chi connectivity index (χ2n) is 9.00. The number of carbonyl (C=O) groups is 2. The number of allylic oxidation sites excluding steroid dienone is 1. The van der Waals surface area contributed by atoms with Crippen LogP contribution in [0.15, 0.2) is 22.6 Å². The van der Waals surface area contributed by atoms with Crippen LogP contribution in [0.3, 0.4) is 0 Å². The summed E-state index contributed by atoms with van der Waals surface area (Å²) >= 11 is 2.63. The van der Waals surface area contributed by atoms with Gasteiger partial charge in [-0.3, -0.25) is 19.5 Å². The van der Waals surface area contributed by atoms with Crippen LogP contribution >= 0.6 is 23.1 Å². The second-order valence-corrected chi connectivity index (χ2v) is 11.1. The molecule has 2 aromatic heterocycles. The number of thiophene rings is 1. The number of thioether (sulfide) groups is 1. The minimum Gasteiger partial charge on any atom is -0.335 e. The van der Waals surface area contributed by atoms with E-state index < -0.39 is 11.9 Å². The first-order chi connectivity index (χ1) is 15.3. The fraction of sp³-hybridized carbons (Fsp3) is 0.565. The molecule has 2 bridgehead atoms. The Labute approximate surface area is 196 Å². The summed E-state index contributed by atoms with van der Waals surface area (Å²) in [7, 11) is 0. The van der Waals surface area contributed by atoms with Gasteiger partial charge in [-0.05, 0) is 63.4 Å². The maximum absolute atomic E-state index is 13.0. The number of aromatic nitrogens is 2. The molecule has 0 saturated heterocycles. The molecule has 0 radical (unpaired) electrons. The molecule has 7 nitrogen and oxygen atoms in total. The molecular formula is C23H30N4O3S2. The van der Waals surface area contributed by atoms with Crippen molar-refractivity contribution >= 4 is 45.3 Å². The van der Waals surface area contributed by atoms with Crippen LogP contribution in [-0.2, 0) is 11.3 Å². The number of nitrogens with one attached hydrogen (secondary N) is 2. The van der Waals surface area contributed by atoms with E-state index in [9.17, 15) is 14.4 Å². The van der Waals surface area contributed by atoms with Gasteiger partial charge >= 0.3 is 6.03 Å². The quantitative estimate of drug-likeness (QED) is 0.359. The Hall–Kier alpha value is -2.13. The van der Waals surface area contributed by atoms with Gasteiger partial charge in [-0.2, -0.15) is 0 Å². The number of hydrogen-bond donors (Lipinski definition) is 2. The molecule has 0 aliphatic heterocycles. The number of fused-ring (bicyclic) bond motifs is 3. The molecule has 2 fully saturated rings. The smallest absolute Gasteiger partial charge is 0.321 e. The molecule has 0 unspecified atom stereocenters. The average molecular weight is 475 g/mol. The summed E-state index contributed by atoms with van der Waals surface area (Å²) < 4.78 is 1.53. The Bertz CT molecular complexity index is 1120. The van der Waals surface area contributed by atoms with Crippen molar-refractivity contribution in [3.05, 3.63) is 33.4 Å². The van der Waals surface area contributed by atoms with Gasteiger partial charge in [0.1, 0.15) is 4.83 Å². The molecule has 2 aromatic rings. The van der Waals surface area contributed by atoms with Crippen molar-refractivity contribution < 1.29 is 9.59 Å². The minimum atomic E-state index is -0.456. The Balaban J connectivity index is 1.38. The van der Waals surface area contributed by atoms with Crippen LogP contribution in [0.25, 0.3) is 10.2 Å². The van der Waals surface area contributed by atoms with Crippen LogP contribution in [-0.4, -0.2) is 33.3 Å². The van der Waals surface area contributed by atoms with Crippen molar-refractivity contribution in [2.75, 3.05) is 5.75 Å². The summed E-state index contributed by atoms with van der Waals surface area (Å²) in [6.45, 7) is 9.96. The van der Waals surface area contributed by atoms with E-state index in [4.69, 9.17) is 0 Å². The molecule has 2 N–H and O–H groups in total. The fourth-order valence-electron chi connectivity index (χ4n) is 5.26. The van der Waals surface area contributed by atoms with Crippen molar-refractivity contribution in [2.24, 2.45) is 17.8 Å². The first-order valence-electron chi connectivity index (χ1n) is 11.1.